The van der Waals surface area contributed by atoms with Crippen LogP contribution in [-0.4, -0.2) is 12.8 Å². The first-order valence-corrected chi connectivity index (χ1v) is 7.91. The molecule has 0 aliphatic carbocycles. The van der Waals surface area contributed by atoms with Crippen LogP contribution in [0.25, 0.3) is 0 Å². The van der Waals surface area contributed by atoms with Crippen LogP contribution in [0.5, 0.6) is 5.75 Å². The van der Waals surface area contributed by atoms with Crippen LogP contribution in [-0.2, 0) is 0 Å². The van der Waals surface area contributed by atoms with Crippen LogP contribution >= 0.6 is 31.9 Å². The first-order chi connectivity index (χ1) is 9.60. The number of hydrogen-bond donors (Lipinski definition) is 0. The predicted octanol–water partition coefficient (Wildman–Crippen LogP) is 5.67. The summed E-state index contributed by atoms with van der Waals surface area (Å²) >= 11 is 7.04. The van der Waals surface area contributed by atoms with Crippen molar-refractivity contribution in [1.29, 1.82) is 0 Å². The Morgan fingerprint density at radius 2 is 1.70 bits per heavy atom. The lowest BCUT2D eigenvalue weighted by molar-refractivity contribution is 0.336. The topological polar surface area (TPSA) is 21.6 Å². The molecule has 2 rings (SSSR count). The van der Waals surface area contributed by atoms with Gasteiger partial charge in [-0.1, -0.05) is 17.7 Å². The number of aryl methyl sites for hydroxylation is 1. The van der Waals surface area contributed by atoms with E-state index < -0.39 is 0 Å². The van der Waals surface area contributed by atoms with Crippen molar-refractivity contribution in [2.24, 2.45) is 4.99 Å². The minimum Gasteiger partial charge on any atom is -0.492 e. The number of halogens is 2. The zero-order valence-corrected chi connectivity index (χ0v) is 14.5. The van der Waals surface area contributed by atoms with Crippen LogP contribution in [0.4, 0.5) is 5.69 Å². The van der Waals surface area contributed by atoms with Crippen molar-refractivity contribution in [3.8, 4) is 5.75 Å². The van der Waals surface area contributed by atoms with E-state index in [0.717, 1.165) is 25.9 Å². The quantitative estimate of drug-likeness (QED) is 0.610. The molecular formula is C16H15Br2NO. The Labute approximate surface area is 136 Å². The van der Waals surface area contributed by atoms with Crippen molar-refractivity contribution in [3.63, 3.8) is 0 Å². The fourth-order valence-corrected chi connectivity index (χ4v) is 3.17. The van der Waals surface area contributed by atoms with E-state index in [-0.39, 0.29) is 0 Å². The third-order valence-electron chi connectivity index (χ3n) is 2.71. The summed E-state index contributed by atoms with van der Waals surface area (Å²) in [5.74, 6) is 0.819. The first-order valence-electron chi connectivity index (χ1n) is 6.32. The number of benzene rings is 2. The minimum atomic E-state index is 0.633. The maximum atomic E-state index is 5.56. The zero-order chi connectivity index (χ0) is 14.5. The molecule has 2 aromatic rings. The summed E-state index contributed by atoms with van der Waals surface area (Å²) in [6.45, 7) is 4.66. The third-order valence-corrected chi connectivity index (χ3v) is 3.88. The lowest BCUT2D eigenvalue weighted by atomic mass is 10.2. The Morgan fingerprint density at radius 1 is 1.10 bits per heavy atom. The lowest BCUT2D eigenvalue weighted by Crippen LogP contribution is -1.94. The standard InChI is InChI=1S/C16H15Br2NO/c1-3-20-16-14(17)8-12(9-15(16)18)10-19-13-6-4-11(2)5-7-13/h4-10H,3H2,1-2H3. The van der Waals surface area contributed by atoms with E-state index in [2.05, 4.69) is 55.9 Å². The van der Waals surface area contributed by atoms with Crippen molar-refractivity contribution in [3.05, 3.63) is 56.5 Å². The maximum absolute atomic E-state index is 5.56. The van der Waals surface area contributed by atoms with Gasteiger partial charge in [0.2, 0.25) is 0 Å². The van der Waals surface area contributed by atoms with E-state index in [1.165, 1.54) is 5.56 Å². The van der Waals surface area contributed by atoms with Gasteiger partial charge in [-0.25, -0.2) is 0 Å². The highest BCUT2D eigenvalue weighted by atomic mass is 79.9. The summed E-state index contributed by atoms with van der Waals surface area (Å²) < 4.78 is 7.39. The molecule has 2 aromatic carbocycles. The van der Waals surface area contributed by atoms with Gasteiger partial charge in [-0.05, 0) is 75.5 Å². The molecule has 0 amide bonds. The Morgan fingerprint density at radius 3 is 2.25 bits per heavy atom. The average molecular weight is 397 g/mol. The summed E-state index contributed by atoms with van der Waals surface area (Å²) in [4.78, 5) is 4.47. The van der Waals surface area contributed by atoms with E-state index in [0.29, 0.717) is 6.61 Å². The molecule has 0 saturated heterocycles. The van der Waals surface area contributed by atoms with Crippen LogP contribution in [0.3, 0.4) is 0 Å². The van der Waals surface area contributed by atoms with Crippen LogP contribution in [0.15, 0.2) is 50.3 Å². The SMILES string of the molecule is CCOc1c(Br)cc(C=Nc2ccc(C)cc2)cc1Br. The van der Waals surface area contributed by atoms with Gasteiger partial charge in [-0.15, -0.1) is 0 Å². The fraction of sp³-hybridized carbons (Fsp3) is 0.188. The summed E-state index contributed by atoms with van der Waals surface area (Å²) in [5, 5.41) is 0. The van der Waals surface area contributed by atoms with Gasteiger partial charge >= 0.3 is 0 Å². The second-order valence-electron chi connectivity index (χ2n) is 4.34. The van der Waals surface area contributed by atoms with Gasteiger partial charge < -0.3 is 4.74 Å². The lowest BCUT2D eigenvalue weighted by Gasteiger charge is -2.09. The molecule has 104 valence electrons. The number of ether oxygens (including phenoxy) is 1. The highest BCUT2D eigenvalue weighted by Crippen LogP contribution is 2.34. The predicted molar refractivity (Wildman–Crippen MR) is 91.4 cm³/mol. The Bertz CT molecular complexity index is 598. The molecule has 2 nitrogen and oxygen atoms in total. The van der Waals surface area contributed by atoms with Crippen molar-refractivity contribution in [1.82, 2.24) is 0 Å². The number of rotatable bonds is 4. The van der Waals surface area contributed by atoms with Gasteiger partial charge in [0.05, 0.1) is 21.2 Å². The van der Waals surface area contributed by atoms with Gasteiger partial charge in [0.15, 0.2) is 0 Å². The molecule has 0 fully saturated rings. The van der Waals surface area contributed by atoms with E-state index in [1.54, 1.807) is 0 Å². The molecule has 0 heterocycles. The highest BCUT2D eigenvalue weighted by Gasteiger charge is 2.07. The molecule has 0 unspecified atom stereocenters. The van der Waals surface area contributed by atoms with Gasteiger partial charge in [0.25, 0.3) is 0 Å². The van der Waals surface area contributed by atoms with Gasteiger partial charge in [-0.3, -0.25) is 4.99 Å². The summed E-state index contributed by atoms with van der Waals surface area (Å²) in [6, 6.07) is 12.1. The van der Waals surface area contributed by atoms with Crippen LogP contribution < -0.4 is 4.74 Å². The van der Waals surface area contributed by atoms with Crippen LogP contribution in [0.2, 0.25) is 0 Å². The van der Waals surface area contributed by atoms with Crippen molar-refractivity contribution < 1.29 is 4.74 Å². The average Bonchev–Trinajstić information content (AvgIpc) is 2.42. The molecule has 0 aromatic heterocycles. The largest absolute Gasteiger partial charge is 0.492 e. The molecule has 0 aliphatic rings. The van der Waals surface area contributed by atoms with Crippen molar-refractivity contribution in [2.45, 2.75) is 13.8 Å². The molecule has 0 aliphatic heterocycles. The highest BCUT2D eigenvalue weighted by molar-refractivity contribution is 9.11. The second-order valence-corrected chi connectivity index (χ2v) is 6.05. The third kappa shape index (κ3) is 3.93. The summed E-state index contributed by atoms with van der Waals surface area (Å²) in [7, 11) is 0. The van der Waals surface area contributed by atoms with Crippen molar-refractivity contribution in [2.75, 3.05) is 6.61 Å². The number of hydrogen-bond acceptors (Lipinski definition) is 2. The van der Waals surface area contributed by atoms with Gasteiger partial charge in [-0.2, -0.15) is 0 Å². The van der Waals surface area contributed by atoms with Gasteiger partial charge in [0.1, 0.15) is 5.75 Å². The van der Waals surface area contributed by atoms with E-state index >= 15 is 0 Å². The molecule has 0 spiro atoms. The zero-order valence-electron chi connectivity index (χ0n) is 11.4. The molecule has 0 N–H and O–H groups in total. The Kier molecular flexibility index (Phi) is 5.38. The van der Waals surface area contributed by atoms with Crippen LogP contribution in [0, 0.1) is 6.92 Å². The fourth-order valence-electron chi connectivity index (χ4n) is 1.72. The smallest absolute Gasteiger partial charge is 0.147 e. The normalized spacial score (nSPS) is 11.0. The van der Waals surface area contributed by atoms with E-state index in [4.69, 9.17) is 4.74 Å². The van der Waals surface area contributed by atoms with Crippen LogP contribution in [0.1, 0.15) is 18.1 Å². The second kappa shape index (κ2) is 7.04. The van der Waals surface area contributed by atoms with E-state index in [1.807, 2.05) is 37.4 Å². The monoisotopic (exact) mass is 395 g/mol. The molecule has 0 atom stereocenters. The number of nitrogens with zero attached hydrogens (tertiary/aromatic N) is 1. The molecular weight excluding hydrogens is 382 g/mol. The van der Waals surface area contributed by atoms with E-state index in [9.17, 15) is 0 Å². The molecule has 4 heteroatoms. The molecule has 0 radical (unpaired) electrons. The minimum absolute atomic E-state index is 0.633. The van der Waals surface area contributed by atoms with Gasteiger partial charge in [0, 0.05) is 6.21 Å². The Hall–Kier alpha value is -1.13. The number of aliphatic imine (C=N–C) groups is 1. The Balaban J connectivity index is 2.23. The maximum Gasteiger partial charge on any atom is 0.147 e. The first kappa shape index (κ1) is 15.3. The molecule has 20 heavy (non-hydrogen) atoms. The summed E-state index contributed by atoms with van der Waals surface area (Å²) in [6.07, 6.45) is 1.84. The molecule has 0 bridgehead atoms. The summed E-state index contributed by atoms with van der Waals surface area (Å²) in [5.41, 5.74) is 3.18. The van der Waals surface area contributed by atoms with Crippen molar-refractivity contribution >= 4 is 43.8 Å². The molecule has 0 saturated carbocycles.